The maximum Gasteiger partial charge on any atom is 0.135 e. The molecule has 0 saturated heterocycles. The van der Waals surface area contributed by atoms with E-state index in [2.05, 4.69) is 52.5 Å². The molecule has 5 rings (SSSR count). The minimum Gasteiger partial charge on any atom is -0.405 e. The van der Waals surface area contributed by atoms with Crippen LogP contribution >= 0.6 is 0 Å². The van der Waals surface area contributed by atoms with E-state index in [0.29, 0.717) is 17.7 Å². The molecule has 40 heavy (non-hydrogen) atoms. The molecule has 4 aromatic carbocycles. The van der Waals surface area contributed by atoms with Gasteiger partial charge >= 0.3 is 0 Å². The number of nitrogens with zero attached hydrogens (tertiary/aromatic N) is 2. The van der Waals surface area contributed by atoms with E-state index in [-0.39, 0.29) is 0 Å². The van der Waals surface area contributed by atoms with Gasteiger partial charge in [0.25, 0.3) is 0 Å². The highest BCUT2D eigenvalue weighted by atomic mass is 16.3. The Kier molecular flexibility index (Phi) is 7.90. The Bertz CT molecular complexity index is 1490. The second-order valence-corrected chi connectivity index (χ2v) is 9.70. The van der Waals surface area contributed by atoms with Gasteiger partial charge in [-0.25, -0.2) is 4.98 Å². The fourth-order valence-corrected chi connectivity index (χ4v) is 5.62. The topological polar surface area (TPSA) is 64.1 Å². The summed E-state index contributed by atoms with van der Waals surface area (Å²) in [5.74, 6) is 0. The SMILES string of the molecule is C=C/C=C(\C=C/N)C(O)(Cc1ccccc1)c1cncn1C(c1ccccc1)(c1ccccc1)c1ccccc1. The number of allylic oxidation sites excluding steroid dienone is 2. The second-order valence-electron chi connectivity index (χ2n) is 9.70. The Hall–Kier alpha value is -4.93. The molecule has 0 saturated carbocycles. The number of aliphatic hydroxyl groups is 1. The van der Waals surface area contributed by atoms with Crippen LogP contribution in [-0.2, 0) is 17.6 Å². The smallest absolute Gasteiger partial charge is 0.135 e. The highest BCUT2D eigenvalue weighted by Gasteiger charge is 2.44. The van der Waals surface area contributed by atoms with Crippen LogP contribution in [0, 0.1) is 0 Å². The van der Waals surface area contributed by atoms with Gasteiger partial charge in [-0.3, -0.25) is 0 Å². The summed E-state index contributed by atoms with van der Waals surface area (Å²) in [4.78, 5) is 4.67. The summed E-state index contributed by atoms with van der Waals surface area (Å²) in [5.41, 5.74) is 8.90. The van der Waals surface area contributed by atoms with E-state index < -0.39 is 11.1 Å². The Morgan fingerprint density at radius 1 is 0.775 bits per heavy atom. The number of rotatable bonds is 10. The van der Waals surface area contributed by atoms with Gasteiger partial charge in [0.2, 0.25) is 0 Å². The Balaban J connectivity index is 1.89. The van der Waals surface area contributed by atoms with Crippen molar-refractivity contribution in [3.63, 3.8) is 0 Å². The maximum absolute atomic E-state index is 12.8. The van der Waals surface area contributed by atoms with Gasteiger partial charge < -0.3 is 15.4 Å². The van der Waals surface area contributed by atoms with Crippen LogP contribution in [-0.4, -0.2) is 14.7 Å². The van der Waals surface area contributed by atoms with E-state index in [1.807, 2.05) is 91.3 Å². The first kappa shape index (κ1) is 26.7. The summed E-state index contributed by atoms with van der Waals surface area (Å²) >= 11 is 0. The summed E-state index contributed by atoms with van der Waals surface area (Å²) in [7, 11) is 0. The van der Waals surface area contributed by atoms with Crippen LogP contribution in [0.15, 0.2) is 170 Å². The lowest BCUT2D eigenvalue weighted by molar-refractivity contribution is 0.0694. The molecule has 0 aliphatic heterocycles. The van der Waals surface area contributed by atoms with Crippen LogP contribution in [0.25, 0.3) is 0 Å². The third kappa shape index (κ3) is 4.81. The molecular weight excluding hydrogens is 490 g/mol. The Morgan fingerprint density at radius 3 is 1.70 bits per heavy atom. The van der Waals surface area contributed by atoms with Crippen molar-refractivity contribution >= 4 is 0 Å². The first-order valence-electron chi connectivity index (χ1n) is 13.3. The summed E-state index contributed by atoms with van der Waals surface area (Å²) in [5, 5.41) is 12.8. The molecule has 0 radical (unpaired) electrons. The molecule has 4 heteroatoms. The number of aromatic nitrogens is 2. The van der Waals surface area contributed by atoms with Gasteiger partial charge in [-0.05, 0) is 40.1 Å². The highest BCUT2D eigenvalue weighted by molar-refractivity contribution is 5.52. The Labute approximate surface area is 236 Å². The van der Waals surface area contributed by atoms with Crippen LogP contribution in [0.4, 0.5) is 0 Å². The molecule has 0 aliphatic carbocycles. The molecule has 0 bridgehead atoms. The zero-order valence-electron chi connectivity index (χ0n) is 22.3. The lowest BCUT2D eigenvalue weighted by atomic mass is 9.75. The third-order valence-corrected chi connectivity index (χ3v) is 7.35. The van der Waals surface area contributed by atoms with Crippen LogP contribution in [0.2, 0.25) is 0 Å². The summed E-state index contributed by atoms with van der Waals surface area (Å²) in [6.07, 6.45) is 10.5. The van der Waals surface area contributed by atoms with E-state index in [0.717, 1.165) is 22.3 Å². The monoisotopic (exact) mass is 523 g/mol. The minimum atomic E-state index is -1.49. The molecule has 1 heterocycles. The molecule has 3 N–H and O–H groups in total. The van der Waals surface area contributed by atoms with Crippen molar-refractivity contribution in [2.75, 3.05) is 0 Å². The third-order valence-electron chi connectivity index (χ3n) is 7.35. The van der Waals surface area contributed by atoms with Gasteiger partial charge in [0.05, 0.1) is 18.2 Å². The lowest BCUT2D eigenvalue weighted by Crippen LogP contribution is -2.43. The van der Waals surface area contributed by atoms with Gasteiger partial charge in [-0.15, -0.1) is 0 Å². The van der Waals surface area contributed by atoms with Crippen molar-refractivity contribution < 1.29 is 5.11 Å². The van der Waals surface area contributed by atoms with E-state index in [1.54, 1.807) is 24.4 Å². The Morgan fingerprint density at radius 2 is 1.25 bits per heavy atom. The molecule has 4 nitrogen and oxygen atoms in total. The molecule has 1 unspecified atom stereocenters. The second kappa shape index (κ2) is 11.9. The molecule has 0 aliphatic rings. The molecule has 0 fully saturated rings. The van der Waals surface area contributed by atoms with E-state index in [1.165, 1.54) is 6.20 Å². The predicted molar refractivity (Wildman–Crippen MR) is 162 cm³/mol. The summed E-state index contributed by atoms with van der Waals surface area (Å²) < 4.78 is 2.11. The standard InChI is InChI=1S/C36H33N3O/c1-2-15-30(24-25-37)35(40,26-29-16-7-3-8-17-29)34-27-38-28-39(34)36(31-18-9-4-10-19-31,32-20-11-5-12-21-32)33-22-13-6-14-23-33/h2-25,27-28,40H,1,26,37H2/b25-24-,30-15+. The summed E-state index contributed by atoms with van der Waals surface area (Å²) in [6.45, 7) is 3.91. The van der Waals surface area contributed by atoms with Crippen molar-refractivity contribution in [3.8, 4) is 0 Å². The van der Waals surface area contributed by atoms with Gasteiger partial charge in [0, 0.05) is 6.42 Å². The molecule has 198 valence electrons. The van der Waals surface area contributed by atoms with Gasteiger partial charge in [-0.2, -0.15) is 0 Å². The summed E-state index contributed by atoms with van der Waals surface area (Å²) in [6, 6.07) is 41.0. The van der Waals surface area contributed by atoms with E-state index in [9.17, 15) is 5.11 Å². The molecule has 5 aromatic rings. The average Bonchev–Trinajstić information content (AvgIpc) is 3.51. The van der Waals surface area contributed by atoms with E-state index >= 15 is 0 Å². The zero-order valence-corrected chi connectivity index (χ0v) is 22.3. The number of imidazole rings is 1. The number of hydrogen-bond donors (Lipinski definition) is 2. The quantitative estimate of drug-likeness (QED) is 0.157. The largest absolute Gasteiger partial charge is 0.405 e. The number of nitrogens with two attached hydrogens (primary N) is 1. The number of benzene rings is 4. The van der Waals surface area contributed by atoms with Crippen molar-refractivity contribution in [3.05, 3.63) is 198 Å². The van der Waals surface area contributed by atoms with Gasteiger partial charge in [0.1, 0.15) is 11.1 Å². The molecule has 0 amide bonds. The fourth-order valence-electron chi connectivity index (χ4n) is 5.62. The molecule has 0 spiro atoms. The van der Waals surface area contributed by atoms with Crippen molar-refractivity contribution in [1.82, 2.24) is 9.55 Å². The molecule has 1 aromatic heterocycles. The highest BCUT2D eigenvalue weighted by Crippen LogP contribution is 2.45. The fraction of sp³-hybridized carbons (Fsp3) is 0.0833. The first-order valence-corrected chi connectivity index (χ1v) is 13.3. The van der Waals surface area contributed by atoms with Crippen LogP contribution < -0.4 is 5.73 Å². The van der Waals surface area contributed by atoms with Crippen LogP contribution in [0.5, 0.6) is 0 Å². The van der Waals surface area contributed by atoms with Crippen molar-refractivity contribution in [2.24, 2.45) is 5.73 Å². The minimum absolute atomic E-state index is 0.304. The van der Waals surface area contributed by atoms with E-state index in [4.69, 9.17) is 5.73 Å². The molecular formula is C36H33N3O. The van der Waals surface area contributed by atoms with Gasteiger partial charge in [0.15, 0.2) is 0 Å². The van der Waals surface area contributed by atoms with Crippen LogP contribution in [0.3, 0.4) is 0 Å². The van der Waals surface area contributed by atoms with Crippen molar-refractivity contribution in [2.45, 2.75) is 17.6 Å². The first-order chi connectivity index (χ1) is 19.6. The zero-order chi connectivity index (χ0) is 27.8. The van der Waals surface area contributed by atoms with Gasteiger partial charge in [-0.1, -0.05) is 140 Å². The lowest BCUT2D eigenvalue weighted by Gasteiger charge is -2.41. The van der Waals surface area contributed by atoms with Crippen LogP contribution in [0.1, 0.15) is 27.9 Å². The maximum atomic E-state index is 12.8. The normalized spacial score (nSPS) is 13.7. The van der Waals surface area contributed by atoms with Crippen molar-refractivity contribution in [1.29, 1.82) is 0 Å². The predicted octanol–water partition coefficient (Wildman–Crippen LogP) is 6.74. The number of hydrogen-bond acceptors (Lipinski definition) is 3. The average molecular weight is 524 g/mol. The molecule has 1 atom stereocenters.